The zero-order valence-corrected chi connectivity index (χ0v) is 17.9. The van der Waals surface area contributed by atoms with Gasteiger partial charge in [0.25, 0.3) is 5.91 Å². The number of nitrogens with zero attached hydrogens (tertiary/aromatic N) is 2. The Morgan fingerprint density at radius 2 is 1.85 bits per heavy atom. The van der Waals surface area contributed by atoms with Crippen molar-refractivity contribution in [1.29, 1.82) is 0 Å². The lowest BCUT2D eigenvalue weighted by molar-refractivity contribution is -0.352. The number of nitrogens with one attached hydrogen (secondary N) is 1. The first-order valence-electron chi connectivity index (χ1n) is 10.6. The molecule has 7 nitrogen and oxygen atoms in total. The van der Waals surface area contributed by atoms with Gasteiger partial charge in [0.15, 0.2) is 6.61 Å². The second kappa shape index (κ2) is 8.43. The van der Waals surface area contributed by atoms with Crippen LogP contribution in [0.2, 0.25) is 5.02 Å². The molecule has 0 spiro atoms. The quantitative estimate of drug-likeness (QED) is 0.583. The van der Waals surface area contributed by atoms with E-state index >= 15 is 0 Å². The number of hydrogen-bond donors (Lipinski definition) is 1. The standard InChI is InChI=1S/C21H20ClF4N3O4/c22-15-2-1-11(7-16(15)23)31-8-17(30)27-10-5-13-14(6-10)18(13)20-29-28-19(32-20)9-3-12(4-9)33-21(24,25)26/h1-2,7,9-10,12-14,18H,3-6,8H2,(H,27,30)/t9-,10-,12+,13-,14+,18+. The number of carbonyl (C=O) groups is 1. The van der Waals surface area contributed by atoms with Crippen molar-refractivity contribution in [1.82, 2.24) is 15.5 Å². The SMILES string of the molecule is O=C(COc1ccc(Cl)c(F)c1)N[C@@H]1C[C@@H]2[C@H](C1)[C@H]2c1nnc([C@H]2C[C@@H](OC(F)(F)F)C2)o1. The van der Waals surface area contributed by atoms with E-state index in [4.69, 9.17) is 20.8 Å². The first-order chi connectivity index (χ1) is 15.7. The largest absolute Gasteiger partial charge is 0.522 e. The smallest absolute Gasteiger partial charge is 0.484 e. The molecule has 1 amide bonds. The normalized spacial score (nSPS) is 30.5. The Morgan fingerprint density at radius 1 is 1.15 bits per heavy atom. The second-order valence-corrected chi connectivity index (χ2v) is 9.19. The molecule has 0 unspecified atom stereocenters. The molecule has 1 aromatic heterocycles. The number of fused-ring (bicyclic) bond motifs is 1. The highest BCUT2D eigenvalue weighted by Gasteiger charge is 2.59. The first-order valence-corrected chi connectivity index (χ1v) is 11.0. The Kier molecular flexibility index (Phi) is 5.72. The third-order valence-corrected chi connectivity index (χ3v) is 6.86. The average Bonchev–Trinajstić information content (AvgIpc) is 3.06. The van der Waals surface area contributed by atoms with Crippen LogP contribution in [0.1, 0.15) is 49.3 Å². The minimum Gasteiger partial charge on any atom is -0.484 e. The predicted molar refractivity (Wildman–Crippen MR) is 105 cm³/mol. The molecule has 3 aliphatic carbocycles. The molecule has 0 saturated heterocycles. The van der Waals surface area contributed by atoms with Crippen molar-refractivity contribution in [2.45, 2.75) is 56.0 Å². The maximum Gasteiger partial charge on any atom is 0.522 e. The van der Waals surface area contributed by atoms with Crippen molar-refractivity contribution in [2.75, 3.05) is 6.61 Å². The van der Waals surface area contributed by atoms with Crippen LogP contribution < -0.4 is 10.1 Å². The molecule has 3 aliphatic rings. The van der Waals surface area contributed by atoms with Crippen LogP contribution in [0, 0.1) is 17.7 Å². The van der Waals surface area contributed by atoms with E-state index < -0.39 is 18.3 Å². The fourth-order valence-corrected chi connectivity index (χ4v) is 5.03. The van der Waals surface area contributed by atoms with E-state index in [9.17, 15) is 22.4 Å². The number of ether oxygens (including phenoxy) is 2. The van der Waals surface area contributed by atoms with Gasteiger partial charge in [-0.05, 0) is 49.7 Å². The fourth-order valence-electron chi connectivity index (χ4n) is 4.91. The molecule has 3 fully saturated rings. The molecule has 5 rings (SSSR count). The highest BCUT2D eigenvalue weighted by atomic mass is 35.5. The average molecular weight is 490 g/mol. The monoisotopic (exact) mass is 489 g/mol. The van der Waals surface area contributed by atoms with Crippen LogP contribution in [0.4, 0.5) is 17.6 Å². The minimum atomic E-state index is -4.63. The zero-order chi connectivity index (χ0) is 23.3. The Balaban J connectivity index is 1.05. The lowest BCUT2D eigenvalue weighted by Crippen LogP contribution is -2.37. The molecule has 3 saturated carbocycles. The number of amides is 1. The van der Waals surface area contributed by atoms with E-state index in [2.05, 4.69) is 20.3 Å². The predicted octanol–water partition coefficient (Wildman–Crippen LogP) is 4.33. The molecule has 1 heterocycles. The summed E-state index contributed by atoms with van der Waals surface area (Å²) in [5.41, 5.74) is 0. The maximum absolute atomic E-state index is 13.4. The lowest BCUT2D eigenvalue weighted by Gasteiger charge is -2.32. The van der Waals surface area contributed by atoms with E-state index in [-0.39, 0.29) is 54.0 Å². The molecule has 0 bridgehead atoms. The molecular weight excluding hydrogens is 470 g/mol. The van der Waals surface area contributed by atoms with Gasteiger partial charge in [0.1, 0.15) is 11.6 Å². The number of halogens is 5. The molecule has 33 heavy (non-hydrogen) atoms. The van der Waals surface area contributed by atoms with Gasteiger partial charge in [-0.2, -0.15) is 0 Å². The number of rotatable bonds is 7. The van der Waals surface area contributed by atoms with Crippen LogP contribution >= 0.6 is 11.6 Å². The Bertz CT molecular complexity index is 1030. The van der Waals surface area contributed by atoms with Crippen molar-refractivity contribution in [2.24, 2.45) is 11.8 Å². The summed E-state index contributed by atoms with van der Waals surface area (Å²) in [5.74, 6) is 0.719. The van der Waals surface area contributed by atoms with Crippen LogP contribution in [0.15, 0.2) is 22.6 Å². The van der Waals surface area contributed by atoms with Crippen LogP contribution in [0.5, 0.6) is 5.75 Å². The fraction of sp³-hybridized carbons (Fsp3) is 0.571. The second-order valence-electron chi connectivity index (χ2n) is 8.79. The highest BCUT2D eigenvalue weighted by molar-refractivity contribution is 6.30. The number of aromatic nitrogens is 2. The van der Waals surface area contributed by atoms with E-state index in [1.54, 1.807) is 0 Å². The van der Waals surface area contributed by atoms with Crippen molar-refractivity contribution in [3.63, 3.8) is 0 Å². The van der Waals surface area contributed by atoms with Crippen molar-refractivity contribution in [3.8, 4) is 5.75 Å². The van der Waals surface area contributed by atoms with Crippen LogP contribution in [0.25, 0.3) is 0 Å². The number of hydrogen-bond acceptors (Lipinski definition) is 6. The van der Waals surface area contributed by atoms with E-state index in [1.165, 1.54) is 12.1 Å². The minimum absolute atomic E-state index is 0.00334. The Morgan fingerprint density at radius 3 is 2.52 bits per heavy atom. The topological polar surface area (TPSA) is 86.5 Å². The van der Waals surface area contributed by atoms with Crippen molar-refractivity contribution < 1.29 is 36.2 Å². The molecule has 1 aromatic carbocycles. The van der Waals surface area contributed by atoms with Gasteiger partial charge in [0, 0.05) is 23.9 Å². The van der Waals surface area contributed by atoms with Gasteiger partial charge in [-0.15, -0.1) is 23.4 Å². The third kappa shape index (κ3) is 4.93. The summed E-state index contributed by atoms with van der Waals surface area (Å²) in [6.45, 7) is -0.232. The van der Waals surface area contributed by atoms with Crippen LogP contribution in [-0.2, 0) is 9.53 Å². The highest BCUT2D eigenvalue weighted by Crippen LogP contribution is 2.63. The summed E-state index contributed by atoms with van der Waals surface area (Å²) in [6, 6.07) is 3.97. The molecule has 0 radical (unpaired) electrons. The van der Waals surface area contributed by atoms with E-state index in [0.29, 0.717) is 23.6 Å². The van der Waals surface area contributed by atoms with Gasteiger partial charge < -0.3 is 14.5 Å². The molecule has 178 valence electrons. The maximum atomic E-state index is 13.4. The molecule has 4 atom stereocenters. The third-order valence-electron chi connectivity index (χ3n) is 6.56. The van der Waals surface area contributed by atoms with Crippen LogP contribution in [-0.4, -0.2) is 41.2 Å². The number of benzene rings is 1. The zero-order valence-electron chi connectivity index (χ0n) is 17.1. The first kappa shape index (κ1) is 22.4. The molecule has 12 heteroatoms. The summed E-state index contributed by atoms with van der Waals surface area (Å²) in [7, 11) is 0. The van der Waals surface area contributed by atoms with Crippen molar-refractivity contribution >= 4 is 17.5 Å². The molecule has 1 N–H and O–H groups in total. The summed E-state index contributed by atoms with van der Waals surface area (Å²) < 4.78 is 65.2. The number of carbonyl (C=O) groups excluding carboxylic acids is 1. The van der Waals surface area contributed by atoms with Crippen LogP contribution in [0.3, 0.4) is 0 Å². The summed E-state index contributed by atoms with van der Waals surface area (Å²) in [5, 5.41) is 11.0. The Labute approximate surface area is 190 Å². The summed E-state index contributed by atoms with van der Waals surface area (Å²) in [4.78, 5) is 12.2. The summed E-state index contributed by atoms with van der Waals surface area (Å²) in [6.07, 6.45) is -3.56. The van der Waals surface area contributed by atoms with Gasteiger partial charge in [-0.25, -0.2) is 4.39 Å². The van der Waals surface area contributed by atoms with Gasteiger partial charge in [-0.3, -0.25) is 9.53 Å². The van der Waals surface area contributed by atoms with Crippen molar-refractivity contribution in [3.05, 3.63) is 40.8 Å². The van der Waals surface area contributed by atoms with Gasteiger partial charge >= 0.3 is 6.36 Å². The Hall–Kier alpha value is -2.40. The van der Waals surface area contributed by atoms with Gasteiger partial charge in [0.2, 0.25) is 11.8 Å². The van der Waals surface area contributed by atoms with E-state index in [1.807, 2.05) is 0 Å². The molecule has 2 aromatic rings. The van der Waals surface area contributed by atoms with Gasteiger partial charge in [0.05, 0.1) is 11.1 Å². The van der Waals surface area contributed by atoms with E-state index in [0.717, 1.165) is 18.9 Å². The summed E-state index contributed by atoms with van der Waals surface area (Å²) >= 11 is 5.62. The number of alkyl halides is 3. The molecular formula is C21H20ClF4N3O4. The molecule has 0 aliphatic heterocycles. The van der Waals surface area contributed by atoms with Gasteiger partial charge in [-0.1, -0.05) is 11.6 Å². The lowest BCUT2D eigenvalue weighted by atomic mass is 9.82.